The van der Waals surface area contributed by atoms with E-state index in [1.807, 2.05) is 44.2 Å². The van der Waals surface area contributed by atoms with Crippen molar-refractivity contribution in [3.8, 4) is 0 Å². The van der Waals surface area contributed by atoms with Crippen LogP contribution in [0.5, 0.6) is 0 Å². The quantitative estimate of drug-likeness (QED) is 0.509. The Morgan fingerprint density at radius 1 is 1.24 bits per heavy atom. The fourth-order valence-electron chi connectivity index (χ4n) is 3.88. The Morgan fingerprint density at radius 2 is 1.92 bits per heavy atom. The lowest BCUT2D eigenvalue weighted by Gasteiger charge is -2.35. The van der Waals surface area contributed by atoms with Crippen molar-refractivity contribution in [3.63, 3.8) is 0 Å². The SMILES string of the molecule is Cc1cc2ncc(C(=O)N(C)CC(=O)N3CCNC(c4cccc(Cl)c4)C3)c(C)n2n1.O=C(O)C(F)(F)F. The molecule has 4 rings (SSSR count). The zero-order chi connectivity index (χ0) is 28.2. The lowest BCUT2D eigenvalue weighted by atomic mass is 10.0. The van der Waals surface area contributed by atoms with Crippen LogP contribution in [0.25, 0.3) is 5.65 Å². The minimum absolute atomic E-state index is 0.00326. The van der Waals surface area contributed by atoms with E-state index in [-0.39, 0.29) is 24.4 Å². The van der Waals surface area contributed by atoms with Gasteiger partial charge in [0.15, 0.2) is 5.65 Å². The van der Waals surface area contributed by atoms with Gasteiger partial charge in [-0.25, -0.2) is 14.3 Å². The molecule has 10 nitrogen and oxygen atoms in total. The van der Waals surface area contributed by atoms with Gasteiger partial charge < -0.3 is 20.2 Å². The first kappa shape index (κ1) is 28.9. The molecule has 1 saturated heterocycles. The summed E-state index contributed by atoms with van der Waals surface area (Å²) in [6, 6.07) is 9.50. The first-order valence-electron chi connectivity index (χ1n) is 11.4. The van der Waals surface area contributed by atoms with Gasteiger partial charge in [0, 0.05) is 50.0 Å². The van der Waals surface area contributed by atoms with Crippen LogP contribution in [0.3, 0.4) is 0 Å². The van der Waals surface area contributed by atoms with Gasteiger partial charge in [-0.15, -0.1) is 0 Å². The maximum atomic E-state index is 13.0. The van der Waals surface area contributed by atoms with E-state index in [0.717, 1.165) is 11.3 Å². The molecule has 0 spiro atoms. The highest BCUT2D eigenvalue weighted by molar-refractivity contribution is 6.30. The summed E-state index contributed by atoms with van der Waals surface area (Å²) in [6.07, 6.45) is -3.53. The Hall–Kier alpha value is -3.71. The molecule has 1 atom stereocenters. The van der Waals surface area contributed by atoms with E-state index in [2.05, 4.69) is 15.4 Å². The summed E-state index contributed by atoms with van der Waals surface area (Å²) in [5.74, 6) is -3.10. The van der Waals surface area contributed by atoms with Gasteiger partial charge >= 0.3 is 12.1 Å². The molecular formula is C24H26ClF3N6O4. The highest BCUT2D eigenvalue weighted by Gasteiger charge is 2.38. The number of carbonyl (C=O) groups is 3. The fraction of sp³-hybridized carbons (Fsp3) is 0.375. The summed E-state index contributed by atoms with van der Waals surface area (Å²) >= 11 is 6.11. The van der Waals surface area contributed by atoms with E-state index in [1.165, 1.54) is 4.90 Å². The van der Waals surface area contributed by atoms with Gasteiger partial charge in [-0.05, 0) is 31.5 Å². The van der Waals surface area contributed by atoms with Crippen LogP contribution in [0.2, 0.25) is 5.02 Å². The van der Waals surface area contributed by atoms with Crippen molar-refractivity contribution >= 4 is 35.0 Å². The Kier molecular flexibility index (Phi) is 8.94. The van der Waals surface area contributed by atoms with Crippen LogP contribution in [0.4, 0.5) is 13.2 Å². The summed E-state index contributed by atoms with van der Waals surface area (Å²) in [7, 11) is 1.63. The molecule has 0 saturated carbocycles. The number of halogens is 4. The summed E-state index contributed by atoms with van der Waals surface area (Å²) in [4.78, 5) is 42.4. The van der Waals surface area contributed by atoms with E-state index < -0.39 is 12.1 Å². The van der Waals surface area contributed by atoms with Crippen LogP contribution in [0.15, 0.2) is 36.5 Å². The lowest BCUT2D eigenvalue weighted by molar-refractivity contribution is -0.192. The number of aryl methyl sites for hydroxylation is 2. The highest BCUT2D eigenvalue weighted by atomic mass is 35.5. The predicted molar refractivity (Wildman–Crippen MR) is 132 cm³/mol. The Balaban J connectivity index is 0.000000505. The van der Waals surface area contributed by atoms with E-state index in [1.54, 1.807) is 22.7 Å². The average Bonchev–Trinajstić information content (AvgIpc) is 3.25. The molecule has 1 aliphatic rings. The third kappa shape index (κ3) is 6.98. The minimum Gasteiger partial charge on any atom is -0.475 e. The molecule has 3 aromatic rings. The average molecular weight is 555 g/mol. The molecule has 1 fully saturated rings. The number of rotatable bonds is 4. The molecule has 38 heavy (non-hydrogen) atoms. The number of carboxylic acids is 1. The molecule has 0 bridgehead atoms. The van der Waals surface area contributed by atoms with E-state index in [4.69, 9.17) is 21.5 Å². The molecule has 204 valence electrons. The molecule has 0 aliphatic carbocycles. The third-order valence-corrected chi connectivity index (χ3v) is 6.05. The molecule has 2 N–H and O–H groups in total. The van der Waals surface area contributed by atoms with Crippen LogP contribution in [0, 0.1) is 13.8 Å². The number of fused-ring (bicyclic) bond motifs is 1. The number of amides is 2. The highest BCUT2D eigenvalue weighted by Crippen LogP contribution is 2.21. The van der Waals surface area contributed by atoms with Crippen molar-refractivity contribution in [2.75, 3.05) is 33.2 Å². The Labute approximate surface area is 221 Å². The molecule has 2 amide bonds. The van der Waals surface area contributed by atoms with Gasteiger partial charge in [-0.3, -0.25) is 9.59 Å². The van der Waals surface area contributed by atoms with Gasteiger partial charge in [0.05, 0.1) is 23.5 Å². The van der Waals surface area contributed by atoms with Gasteiger partial charge in [-0.2, -0.15) is 18.3 Å². The number of benzene rings is 1. The minimum atomic E-state index is -5.08. The normalized spacial score (nSPS) is 15.6. The van der Waals surface area contributed by atoms with Crippen molar-refractivity contribution in [1.82, 2.24) is 29.7 Å². The number of carbonyl (C=O) groups excluding carboxylic acids is 2. The third-order valence-electron chi connectivity index (χ3n) is 5.82. The van der Waals surface area contributed by atoms with Crippen molar-refractivity contribution in [3.05, 3.63) is 64.1 Å². The van der Waals surface area contributed by atoms with Crippen LogP contribution < -0.4 is 5.32 Å². The molecule has 1 unspecified atom stereocenters. The standard InChI is InChI=1S/C22H25ClN6O2.C2HF3O2/c1-14-9-20-25-11-18(15(2)29(20)26-14)22(31)27(3)13-21(30)28-8-7-24-19(12-28)16-5-4-6-17(23)10-16;3-2(4,5)1(6)7/h4-6,9-11,19,24H,7-8,12-13H2,1-3H3;(H,6,7). The van der Waals surface area contributed by atoms with Gasteiger partial charge in [0.2, 0.25) is 5.91 Å². The number of aliphatic carboxylic acids is 1. The molecule has 1 aromatic carbocycles. The smallest absolute Gasteiger partial charge is 0.475 e. The van der Waals surface area contributed by atoms with Crippen LogP contribution in [-0.4, -0.2) is 86.7 Å². The second kappa shape index (κ2) is 11.8. The topological polar surface area (TPSA) is 120 Å². The number of likely N-dealkylation sites (N-methyl/N-ethyl adjacent to an activating group) is 1. The van der Waals surface area contributed by atoms with Crippen molar-refractivity contribution < 1.29 is 32.7 Å². The predicted octanol–water partition coefficient (Wildman–Crippen LogP) is 2.88. The zero-order valence-corrected chi connectivity index (χ0v) is 21.5. The van der Waals surface area contributed by atoms with Crippen LogP contribution in [0.1, 0.15) is 33.4 Å². The van der Waals surface area contributed by atoms with Crippen molar-refractivity contribution in [2.24, 2.45) is 0 Å². The summed E-state index contributed by atoms with van der Waals surface area (Å²) in [6.45, 7) is 5.51. The molecular weight excluding hydrogens is 529 g/mol. The number of piperazine rings is 1. The molecule has 1 aliphatic heterocycles. The van der Waals surface area contributed by atoms with Crippen molar-refractivity contribution in [2.45, 2.75) is 26.1 Å². The monoisotopic (exact) mass is 554 g/mol. The number of alkyl halides is 3. The van der Waals surface area contributed by atoms with Gasteiger partial charge in [0.25, 0.3) is 5.91 Å². The maximum Gasteiger partial charge on any atom is 0.490 e. The molecule has 14 heteroatoms. The van der Waals surface area contributed by atoms with E-state index in [0.29, 0.717) is 41.6 Å². The number of aromatic nitrogens is 3. The first-order chi connectivity index (χ1) is 17.8. The van der Waals surface area contributed by atoms with E-state index in [9.17, 15) is 22.8 Å². The molecule has 3 heterocycles. The fourth-order valence-corrected chi connectivity index (χ4v) is 4.07. The summed E-state index contributed by atoms with van der Waals surface area (Å²) in [5, 5.41) is 15.6. The first-order valence-corrected chi connectivity index (χ1v) is 11.8. The lowest BCUT2D eigenvalue weighted by Crippen LogP contribution is -2.51. The summed E-state index contributed by atoms with van der Waals surface area (Å²) < 4.78 is 33.4. The van der Waals surface area contributed by atoms with Crippen LogP contribution >= 0.6 is 11.6 Å². The number of nitrogens with zero attached hydrogens (tertiary/aromatic N) is 5. The maximum absolute atomic E-state index is 13.0. The van der Waals surface area contributed by atoms with E-state index >= 15 is 0 Å². The van der Waals surface area contributed by atoms with Gasteiger partial charge in [-0.1, -0.05) is 23.7 Å². The Morgan fingerprint density at radius 3 is 2.55 bits per heavy atom. The second-order valence-corrected chi connectivity index (χ2v) is 9.12. The number of carboxylic acid groups (broad SMARTS) is 1. The Bertz CT molecular complexity index is 1350. The number of hydrogen-bond donors (Lipinski definition) is 2. The largest absolute Gasteiger partial charge is 0.490 e. The number of hydrogen-bond acceptors (Lipinski definition) is 6. The van der Waals surface area contributed by atoms with Crippen molar-refractivity contribution in [1.29, 1.82) is 0 Å². The number of nitrogens with one attached hydrogen (secondary N) is 1. The molecule has 2 aromatic heterocycles. The van der Waals surface area contributed by atoms with Gasteiger partial charge in [0.1, 0.15) is 0 Å². The van der Waals surface area contributed by atoms with Crippen LogP contribution in [-0.2, 0) is 9.59 Å². The zero-order valence-electron chi connectivity index (χ0n) is 20.8. The second-order valence-electron chi connectivity index (χ2n) is 8.68. The summed E-state index contributed by atoms with van der Waals surface area (Å²) in [5.41, 5.74) is 3.70. The molecule has 0 radical (unpaired) electrons.